The van der Waals surface area contributed by atoms with Gasteiger partial charge in [0.1, 0.15) is 5.75 Å². The molecule has 7 nitrogen and oxygen atoms in total. The second kappa shape index (κ2) is 9.02. The normalized spacial score (nSPS) is 15.9. The summed E-state index contributed by atoms with van der Waals surface area (Å²) in [5.74, 6) is 0.738. The fourth-order valence-corrected chi connectivity index (χ4v) is 6.10. The zero-order valence-corrected chi connectivity index (χ0v) is 19.9. The van der Waals surface area contributed by atoms with Gasteiger partial charge in [0.2, 0.25) is 0 Å². The van der Waals surface area contributed by atoms with Gasteiger partial charge in [0.05, 0.1) is 17.7 Å². The lowest BCUT2D eigenvalue weighted by molar-refractivity contribution is 0.0746. The Labute approximate surface area is 200 Å². The molecule has 0 spiro atoms. The number of hydrogen-bond acceptors (Lipinski definition) is 5. The van der Waals surface area contributed by atoms with Gasteiger partial charge in [0, 0.05) is 44.0 Å². The highest BCUT2D eigenvalue weighted by Crippen LogP contribution is 2.32. The number of fused-ring (bicyclic) bond motifs is 1. The van der Waals surface area contributed by atoms with Crippen LogP contribution in [0, 0.1) is 0 Å². The summed E-state index contributed by atoms with van der Waals surface area (Å²) in [4.78, 5) is 17.3. The first-order valence-corrected chi connectivity index (χ1v) is 12.8. The molecule has 1 saturated heterocycles. The molecule has 1 fully saturated rings. The lowest BCUT2D eigenvalue weighted by Crippen LogP contribution is -2.48. The highest BCUT2D eigenvalue weighted by Gasteiger charge is 2.31. The molecule has 5 rings (SSSR count). The summed E-state index contributed by atoms with van der Waals surface area (Å²) in [7, 11) is -2.02. The smallest absolute Gasteiger partial charge is 0.264 e. The van der Waals surface area contributed by atoms with Crippen LogP contribution in [0.2, 0.25) is 0 Å². The largest absolute Gasteiger partial charge is 0.497 e. The topological polar surface area (TPSA) is 70.2 Å². The lowest BCUT2D eigenvalue weighted by atomic mass is 10.1. The van der Waals surface area contributed by atoms with Crippen LogP contribution in [0.1, 0.15) is 15.9 Å². The summed E-state index contributed by atoms with van der Waals surface area (Å²) in [5, 5.41) is 0. The molecule has 8 heteroatoms. The number of para-hydroxylation sites is 1. The minimum absolute atomic E-state index is 0.0788. The summed E-state index contributed by atoms with van der Waals surface area (Å²) in [6, 6.07) is 21.8. The minimum Gasteiger partial charge on any atom is -0.497 e. The van der Waals surface area contributed by atoms with Crippen LogP contribution in [-0.4, -0.2) is 59.1 Å². The van der Waals surface area contributed by atoms with Gasteiger partial charge < -0.3 is 14.5 Å². The number of sulfonamides is 1. The van der Waals surface area contributed by atoms with Gasteiger partial charge in [-0.3, -0.25) is 9.10 Å². The summed E-state index contributed by atoms with van der Waals surface area (Å²) in [6.07, 6.45) is 0.703. The number of carbonyl (C=O) groups is 1. The van der Waals surface area contributed by atoms with E-state index in [1.165, 1.54) is 16.4 Å². The van der Waals surface area contributed by atoms with E-state index in [2.05, 4.69) is 4.90 Å². The minimum atomic E-state index is -3.67. The van der Waals surface area contributed by atoms with E-state index in [0.717, 1.165) is 35.8 Å². The molecule has 2 aliphatic heterocycles. The van der Waals surface area contributed by atoms with Crippen LogP contribution in [-0.2, 0) is 16.4 Å². The van der Waals surface area contributed by atoms with Crippen molar-refractivity contribution >= 4 is 27.3 Å². The van der Waals surface area contributed by atoms with Gasteiger partial charge in [0.25, 0.3) is 15.9 Å². The Morgan fingerprint density at radius 1 is 0.824 bits per heavy atom. The number of anilines is 2. The number of nitrogens with zero attached hydrogens (tertiary/aromatic N) is 3. The molecular weight excluding hydrogens is 450 g/mol. The van der Waals surface area contributed by atoms with Crippen molar-refractivity contribution in [2.75, 3.05) is 49.0 Å². The van der Waals surface area contributed by atoms with Crippen LogP contribution in [0.3, 0.4) is 0 Å². The average Bonchev–Trinajstić information content (AvgIpc) is 3.34. The maximum absolute atomic E-state index is 13.2. The maximum Gasteiger partial charge on any atom is 0.264 e. The van der Waals surface area contributed by atoms with Crippen molar-refractivity contribution in [1.29, 1.82) is 0 Å². The maximum atomic E-state index is 13.2. The molecule has 3 aromatic carbocycles. The molecule has 0 bridgehead atoms. The Morgan fingerprint density at radius 2 is 1.50 bits per heavy atom. The Kier molecular flexibility index (Phi) is 5.91. The summed E-state index contributed by atoms with van der Waals surface area (Å²) < 4.78 is 33.1. The van der Waals surface area contributed by atoms with E-state index in [9.17, 15) is 13.2 Å². The first-order chi connectivity index (χ1) is 16.5. The zero-order valence-electron chi connectivity index (χ0n) is 19.1. The van der Waals surface area contributed by atoms with Crippen LogP contribution in [0.4, 0.5) is 11.4 Å². The zero-order chi connectivity index (χ0) is 23.7. The van der Waals surface area contributed by atoms with Gasteiger partial charge in [-0.25, -0.2) is 8.42 Å². The number of carbonyl (C=O) groups excluding carboxylic acids is 1. The molecule has 2 aliphatic rings. The molecule has 0 unspecified atom stereocenters. The predicted molar refractivity (Wildman–Crippen MR) is 132 cm³/mol. The van der Waals surface area contributed by atoms with Crippen LogP contribution >= 0.6 is 0 Å². The van der Waals surface area contributed by atoms with Gasteiger partial charge in [-0.2, -0.15) is 0 Å². The number of piperazine rings is 1. The van der Waals surface area contributed by atoms with Gasteiger partial charge >= 0.3 is 0 Å². The van der Waals surface area contributed by atoms with E-state index in [-0.39, 0.29) is 10.8 Å². The van der Waals surface area contributed by atoms with Gasteiger partial charge in [-0.15, -0.1) is 0 Å². The van der Waals surface area contributed by atoms with Crippen LogP contribution < -0.4 is 13.9 Å². The van der Waals surface area contributed by atoms with E-state index < -0.39 is 10.0 Å². The molecule has 0 aliphatic carbocycles. The molecule has 0 atom stereocenters. The van der Waals surface area contributed by atoms with Crippen LogP contribution in [0.5, 0.6) is 5.75 Å². The Balaban J connectivity index is 1.25. The fraction of sp³-hybridized carbons (Fsp3) is 0.269. The van der Waals surface area contributed by atoms with Crippen molar-refractivity contribution in [1.82, 2.24) is 4.90 Å². The number of rotatable bonds is 5. The predicted octanol–water partition coefficient (Wildman–Crippen LogP) is 3.41. The summed E-state index contributed by atoms with van der Waals surface area (Å²) in [5.41, 5.74) is 3.37. The molecule has 3 aromatic rings. The van der Waals surface area contributed by atoms with Gasteiger partial charge in [-0.1, -0.05) is 18.2 Å². The van der Waals surface area contributed by atoms with Crippen molar-refractivity contribution in [3.63, 3.8) is 0 Å². The number of hydrogen-bond donors (Lipinski definition) is 0. The lowest BCUT2D eigenvalue weighted by Gasteiger charge is -2.36. The monoisotopic (exact) mass is 477 g/mol. The second-order valence-electron chi connectivity index (χ2n) is 8.46. The molecule has 0 radical (unpaired) electrons. The molecule has 2 heterocycles. The number of ether oxygens (including phenoxy) is 1. The van der Waals surface area contributed by atoms with Crippen LogP contribution in [0.15, 0.2) is 77.7 Å². The second-order valence-corrected chi connectivity index (χ2v) is 10.3. The number of benzene rings is 3. The third-order valence-corrected chi connectivity index (χ3v) is 8.37. The molecule has 0 aromatic heterocycles. The van der Waals surface area contributed by atoms with E-state index >= 15 is 0 Å². The summed E-state index contributed by atoms with van der Waals surface area (Å²) in [6.45, 7) is 3.11. The van der Waals surface area contributed by atoms with Crippen LogP contribution in [0.25, 0.3) is 0 Å². The van der Waals surface area contributed by atoms with E-state index in [1.807, 2.05) is 53.4 Å². The SMILES string of the molecule is COc1ccc(N2CCN(C(=O)c3ccc(S(=O)(=O)N4CCc5ccccc54)cc3)CC2)cc1. The highest BCUT2D eigenvalue weighted by atomic mass is 32.2. The Bertz CT molecular complexity index is 1280. The molecule has 34 heavy (non-hydrogen) atoms. The highest BCUT2D eigenvalue weighted by molar-refractivity contribution is 7.92. The fourth-order valence-electron chi connectivity index (χ4n) is 4.60. The Hall–Kier alpha value is -3.52. The van der Waals surface area contributed by atoms with E-state index in [0.29, 0.717) is 31.6 Å². The third kappa shape index (κ3) is 4.09. The first kappa shape index (κ1) is 22.3. The molecule has 176 valence electrons. The molecule has 0 N–H and O–H groups in total. The van der Waals surface area contributed by atoms with Crippen molar-refractivity contribution in [2.24, 2.45) is 0 Å². The molecule has 1 amide bonds. The number of amides is 1. The standard InChI is InChI=1S/C26H27N3O4S/c1-33-23-10-8-22(9-11-23)27-16-18-28(19-17-27)26(30)21-6-12-24(13-7-21)34(31,32)29-15-14-20-4-2-3-5-25(20)29/h2-13H,14-19H2,1H3. The molecular formula is C26H27N3O4S. The van der Waals surface area contributed by atoms with E-state index in [4.69, 9.17) is 4.74 Å². The van der Waals surface area contributed by atoms with E-state index in [1.54, 1.807) is 19.2 Å². The molecule has 0 saturated carbocycles. The van der Waals surface area contributed by atoms with Crippen molar-refractivity contribution < 1.29 is 17.9 Å². The first-order valence-electron chi connectivity index (χ1n) is 11.4. The number of methoxy groups -OCH3 is 1. The van der Waals surface area contributed by atoms with Crippen molar-refractivity contribution in [2.45, 2.75) is 11.3 Å². The van der Waals surface area contributed by atoms with Crippen molar-refractivity contribution in [3.05, 3.63) is 83.9 Å². The summed E-state index contributed by atoms with van der Waals surface area (Å²) >= 11 is 0. The quantitative estimate of drug-likeness (QED) is 0.563. The Morgan fingerprint density at radius 3 is 2.18 bits per heavy atom. The van der Waals surface area contributed by atoms with Gasteiger partial charge in [-0.05, 0) is 66.6 Å². The van der Waals surface area contributed by atoms with Crippen molar-refractivity contribution in [3.8, 4) is 5.75 Å². The third-order valence-electron chi connectivity index (χ3n) is 6.54. The van der Waals surface area contributed by atoms with Gasteiger partial charge in [0.15, 0.2) is 0 Å². The average molecular weight is 478 g/mol.